The molecule has 9 heteroatoms. The summed E-state index contributed by atoms with van der Waals surface area (Å²) in [5.74, 6) is 0.0940. The second-order valence-electron chi connectivity index (χ2n) is 6.42. The van der Waals surface area contributed by atoms with Crippen LogP contribution in [0.3, 0.4) is 0 Å². The van der Waals surface area contributed by atoms with E-state index in [0.717, 1.165) is 6.42 Å². The van der Waals surface area contributed by atoms with Crippen LogP contribution in [0.25, 0.3) is 11.3 Å². The van der Waals surface area contributed by atoms with Gasteiger partial charge in [0.15, 0.2) is 5.76 Å². The van der Waals surface area contributed by atoms with E-state index in [9.17, 15) is 23.4 Å². The number of alkyl halides is 3. The maximum atomic E-state index is 12.5. The number of aliphatic hydroxyl groups is 2. The van der Waals surface area contributed by atoms with Gasteiger partial charge in [-0.15, -0.1) is 13.2 Å². The van der Waals surface area contributed by atoms with E-state index in [1.165, 1.54) is 18.2 Å². The first-order valence-electron chi connectivity index (χ1n) is 8.14. The summed E-state index contributed by atoms with van der Waals surface area (Å²) in [6, 6.07) is 7.25. The summed E-state index contributed by atoms with van der Waals surface area (Å²) < 4.78 is 46.9. The minimum Gasteiger partial charge on any atom is -0.405 e. The fraction of sp³-hybridized carbons (Fsp3) is 0.471. The van der Waals surface area contributed by atoms with Gasteiger partial charge in [-0.2, -0.15) is 0 Å². The number of piperidine rings is 1. The van der Waals surface area contributed by atoms with Crippen LogP contribution in [0.1, 0.15) is 18.6 Å². The minimum absolute atomic E-state index is 0.172. The highest BCUT2D eigenvalue weighted by Crippen LogP contribution is 2.33. The molecule has 0 unspecified atom stereocenters. The summed E-state index contributed by atoms with van der Waals surface area (Å²) in [4.78, 5) is 1.90. The molecule has 0 aliphatic carbocycles. The molecule has 26 heavy (non-hydrogen) atoms. The number of hydrogen-bond donors (Lipinski definition) is 2. The number of para-hydroxylation sites is 1. The molecule has 1 fully saturated rings. The van der Waals surface area contributed by atoms with Crippen molar-refractivity contribution in [1.29, 1.82) is 0 Å². The Balaban J connectivity index is 1.75. The minimum atomic E-state index is -4.80. The molecule has 0 radical (unpaired) electrons. The summed E-state index contributed by atoms with van der Waals surface area (Å²) in [5, 5.41) is 23.3. The number of benzene rings is 1. The molecule has 6 nitrogen and oxygen atoms in total. The Bertz CT molecular complexity index is 750. The number of ether oxygens (including phenoxy) is 1. The molecular weight excluding hydrogens is 353 g/mol. The van der Waals surface area contributed by atoms with E-state index in [1.54, 1.807) is 12.1 Å². The molecule has 0 bridgehead atoms. The normalized spacial score (nSPS) is 21.7. The molecule has 2 heterocycles. The van der Waals surface area contributed by atoms with E-state index in [-0.39, 0.29) is 30.2 Å². The first-order chi connectivity index (χ1) is 12.3. The molecule has 0 amide bonds. The molecule has 2 N–H and O–H groups in total. The molecule has 1 aliphatic heterocycles. The van der Waals surface area contributed by atoms with Crippen LogP contribution in [0.5, 0.6) is 5.75 Å². The second-order valence-corrected chi connectivity index (χ2v) is 6.42. The molecule has 0 spiro atoms. The molecule has 3 rings (SSSR count). The van der Waals surface area contributed by atoms with Gasteiger partial charge in [0.2, 0.25) is 0 Å². The highest BCUT2D eigenvalue weighted by atomic mass is 19.4. The van der Waals surface area contributed by atoms with Gasteiger partial charge in [0.05, 0.1) is 13.2 Å². The number of rotatable bonds is 5. The average molecular weight is 372 g/mol. The van der Waals surface area contributed by atoms with E-state index in [0.29, 0.717) is 25.3 Å². The largest absolute Gasteiger partial charge is 0.573 e. The van der Waals surface area contributed by atoms with Crippen molar-refractivity contribution in [3.8, 4) is 17.0 Å². The van der Waals surface area contributed by atoms with E-state index < -0.39 is 12.0 Å². The van der Waals surface area contributed by atoms with Crippen LogP contribution in [0.15, 0.2) is 34.9 Å². The standard InChI is InChI=1S/C17H19F3N2O4/c18-17(19,20)25-15-5-2-1-4-13(15)14-8-12(26-21-14)9-22-7-3-6-16(24,10-22)11-23/h1-2,4-5,8,23-24H,3,6-7,9-11H2/t16-/m0/s1. The first kappa shape index (κ1) is 18.7. The molecule has 1 atom stereocenters. The fourth-order valence-electron chi connectivity index (χ4n) is 3.10. The second kappa shape index (κ2) is 7.26. The van der Waals surface area contributed by atoms with Gasteiger partial charge >= 0.3 is 6.36 Å². The van der Waals surface area contributed by atoms with Crippen LogP contribution in [0, 0.1) is 0 Å². The lowest BCUT2D eigenvalue weighted by molar-refractivity contribution is -0.274. The Morgan fingerprint density at radius 2 is 2.08 bits per heavy atom. The Labute approximate surface area is 147 Å². The summed E-state index contributed by atoms with van der Waals surface area (Å²) >= 11 is 0. The summed E-state index contributed by atoms with van der Waals surface area (Å²) in [6.45, 7) is 1.00. The van der Waals surface area contributed by atoms with Crippen LogP contribution < -0.4 is 4.74 Å². The van der Waals surface area contributed by atoms with Crippen molar-refractivity contribution in [2.24, 2.45) is 0 Å². The number of aliphatic hydroxyl groups excluding tert-OH is 1. The van der Waals surface area contributed by atoms with Gasteiger partial charge in [0.1, 0.15) is 17.0 Å². The third-order valence-electron chi connectivity index (χ3n) is 4.26. The van der Waals surface area contributed by atoms with Gasteiger partial charge in [-0.05, 0) is 31.5 Å². The summed E-state index contributed by atoms with van der Waals surface area (Å²) in [6.07, 6.45) is -3.56. The van der Waals surface area contributed by atoms with Crippen LogP contribution in [-0.2, 0) is 6.54 Å². The van der Waals surface area contributed by atoms with Gasteiger partial charge in [0, 0.05) is 18.2 Å². The number of hydrogen-bond acceptors (Lipinski definition) is 6. The van der Waals surface area contributed by atoms with Crippen molar-refractivity contribution >= 4 is 0 Å². The lowest BCUT2D eigenvalue weighted by atomic mass is 9.94. The summed E-state index contributed by atoms with van der Waals surface area (Å²) in [7, 11) is 0. The number of aromatic nitrogens is 1. The monoisotopic (exact) mass is 372 g/mol. The van der Waals surface area contributed by atoms with Gasteiger partial charge < -0.3 is 19.5 Å². The maximum Gasteiger partial charge on any atom is 0.573 e. The molecule has 1 aromatic carbocycles. The van der Waals surface area contributed by atoms with Gasteiger partial charge in [-0.25, -0.2) is 0 Å². The third kappa shape index (κ3) is 4.54. The molecule has 0 saturated carbocycles. The topological polar surface area (TPSA) is 79.0 Å². The number of likely N-dealkylation sites (tertiary alicyclic amines) is 1. The van der Waals surface area contributed by atoms with Crippen LogP contribution in [0.2, 0.25) is 0 Å². The molecule has 1 saturated heterocycles. The lowest BCUT2D eigenvalue weighted by Gasteiger charge is -2.37. The van der Waals surface area contributed by atoms with Crippen molar-refractivity contribution in [1.82, 2.24) is 10.1 Å². The van der Waals surface area contributed by atoms with Gasteiger partial charge in [0.25, 0.3) is 0 Å². The smallest absolute Gasteiger partial charge is 0.405 e. The number of β-amino-alcohol motifs (C(OH)–C–C–N with tert-alkyl or cyclic N) is 1. The van der Waals surface area contributed by atoms with Gasteiger partial charge in [-0.1, -0.05) is 17.3 Å². The third-order valence-corrected chi connectivity index (χ3v) is 4.26. The molecule has 142 valence electrons. The molecule has 1 aromatic heterocycles. The van der Waals surface area contributed by atoms with Crippen molar-refractivity contribution in [2.75, 3.05) is 19.7 Å². The van der Waals surface area contributed by atoms with E-state index >= 15 is 0 Å². The van der Waals surface area contributed by atoms with Gasteiger partial charge in [-0.3, -0.25) is 4.90 Å². The maximum absolute atomic E-state index is 12.5. The van der Waals surface area contributed by atoms with Crippen molar-refractivity contribution in [3.05, 3.63) is 36.1 Å². The predicted molar refractivity (Wildman–Crippen MR) is 85.2 cm³/mol. The van der Waals surface area contributed by atoms with Crippen molar-refractivity contribution in [2.45, 2.75) is 31.3 Å². The number of nitrogens with zero attached hydrogens (tertiary/aromatic N) is 2. The molecule has 1 aliphatic rings. The lowest BCUT2D eigenvalue weighted by Crippen LogP contribution is -2.49. The van der Waals surface area contributed by atoms with Crippen LogP contribution >= 0.6 is 0 Å². The Kier molecular flexibility index (Phi) is 5.22. The SMILES string of the molecule is OC[C@]1(O)CCCN(Cc2cc(-c3ccccc3OC(F)(F)F)no2)C1. The zero-order chi connectivity index (χ0) is 18.8. The Morgan fingerprint density at radius 1 is 1.31 bits per heavy atom. The predicted octanol–water partition coefficient (Wildman–Crippen LogP) is 2.56. The Hall–Kier alpha value is -2.10. The molecule has 2 aromatic rings. The summed E-state index contributed by atoms with van der Waals surface area (Å²) in [5.41, 5.74) is -0.742. The van der Waals surface area contributed by atoms with E-state index in [4.69, 9.17) is 4.52 Å². The van der Waals surface area contributed by atoms with Crippen molar-refractivity contribution in [3.63, 3.8) is 0 Å². The quantitative estimate of drug-likeness (QED) is 0.840. The number of halogens is 3. The zero-order valence-electron chi connectivity index (χ0n) is 13.9. The molecular formula is C17H19F3N2O4. The fourth-order valence-corrected chi connectivity index (χ4v) is 3.10. The first-order valence-corrected chi connectivity index (χ1v) is 8.14. The van der Waals surface area contributed by atoms with Crippen molar-refractivity contribution < 1.29 is 32.6 Å². The highest BCUT2D eigenvalue weighted by molar-refractivity contribution is 5.66. The zero-order valence-corrected chi connectivity index (χ0v) is 13.9. The van der Waals surface area contributed by atoms with E-state index in [1.807, 2.05) is 4.90 Å². The van der Waals surface area contributed by atoms with Crippen LogP contribution in [0.4, 0.5) is 13.2 Å². The highest BCUT2D eigenvalue weighted by Gasteiger charge is 2.34. The van der Waals surface area contributed by atoms with Crippen LogP contribution in [-0.4, -0.2) is 51.9 Å². The van der Waals surface area contributed by atoms with E-state index in [2.05, 4.69) is 9.89 Å². The Morgan fingerprint density at radius 3 is 2.81 bits per heavy atom. The average Bonchev–Trinajstić information content (AvgIpc) is 3.02.